The third-order valence-electron chi connectivity index (χ3n) is 1.96. The summed E-state index contributed by atoms with van der Waals surface area (Å²) < 4.78 is 10.6. The van der Waals surface area contributed by atoms with E-state index in [-0.39, 0.29) is 6.61 Å². The lowest BCUT2D eigenvalue weighted by molar-refractivity contribution is 0.0836. The molecular formula is C12H18O3. The summed E-state index contributed by atoms with van der Waals surface area (Å²) in [6, 6.07) is 7.98. The van der Waals surface area contributed by atoms with Crippen LogP contribution in [-0.4, -0.2) is 31.5 Å². The molecule has 0 aliphatic rings. The second-order valence-corrected chi connectivity index (χ2v) is 3.35. The van der Waals surface area contributed by atoms with Crippen LogP contribution in [0.25, 0.3) is 0 Å². The number of benzene rings is 1. The lowest BCUT2D eigenvalue weighted by Crippen LogP contribution is -2.05. The summed E-state index contributed by atoms with van der Waals surface area (Å²) in [4.78, 5) is 0. The summed E-state index contributed by atoms with van der Waals surface area (Å²) >= 11 is 0. The Hall–Kier alpha value is -1.06. The van der Waals surface area contributed by atoms with Crippen molar-refractivity contribution in [1.82, 2.24) is 0 Å². The van der Waals surface area contributed by atoms with E-state index in [1.54, 1.807) is 0 Å². The first-order chi connectivity index (χ1) is 7.33. The summed E-state index contributed by atoms with van der Waals surface area (Å²) in [7, 11) is 0. The van der Waals surface area contributed by atoms with Crippen molar-refractivity contribution in [2.45, 2.75) is 13.3 Å². The van der Waals surface area contributed by atoms with Gasteiger partial charge in [0.2, 0.25) is 0 Å². The van der Waals surface area contributed by atoms with E-state index in [0.29, 0.717) is 19.8 Å². The topological polar surface area (TPSA) is 38.7 Å². The second kappa shape index (κ2) is 7.26. The van der Waals surface area contributed by atoms with Crippen molar-refractivity contribution < 1.29 is 14.6 Å². The SMILES string of the molecule is Cc1ccc(OCCCOCCO)cc1. The molecule has 0 saturated heterocycles. The van der Waals surface area contributed by atoms with Crippen LogP contribution in [0.15, 0.2) is 24.3 Å². The second-order valence-electron chi connectivity index (χ2n) is 3.35. The fourth-order valence-corrected chi connectivity index (χ4v) is 1.15. The maximum Gasteiger partial charge on any atom is 0.119 e. The average molecular weight is 210 g/mol. The van der Waals surface area contributed by atoms with Gasteiger partial charge in [0.15, 0.2) is 0 Å². The molecule has 0 aliphatic heterocycles. The third kappa shape index (κ3) is 5.40. The molecule has 3 nitrogen and oxygen atoms in total. The quantitative estimate of drug-likeness (QED) is 0.697. The van der Waals surface area contributed by atoms with E-state index in [9.17, 15) is 0 Å². The third-order valence-corrected chi connectivity index (χ3v) is 1.96. The van der Waals surface area contributed by atoms with Gasteiger partial charge < -0.3 is 14.6 Å². The molecule has 0 atom stereocenters. The first kappa shape index (κ1) is 12.0. The molecule has 1 aromatic rings. The number of aryl methyl sites for hydroxylation is 1. The number of ether oxygens (including phenoxy) is 2. The van der Waals surface area contributed by atoms with Crippen LogP contribution >= 0.6 is 0 Å². The van der Waals surface area contributed by atoms with Crippen LogP contribution in [0.3, 0.4) is 0 Å². The minimum Gasteiger partial charge on any atom is -0.494 e. The molecule has 1 rings (SSSR count). The van der Waals surface area contributed by atoms with E-state index in [4.69, 9.17) is 14.6 Å². The molecule has 0 heterocycles. The Bertz CT molecular complexity index is 256. The molecule has 0 unspecified atom stereocenters. The van der Waals surface area contributed by atoms with Crippen LogP contribution in [0.5, 0.6) is 5.75 Å². The molecular weight excluding hydrogens is 192 g/mol. The van der Waals surface area contributed by atoms with Gasteiger partial charge in [0.05, 0.1) is 19.8 Å². The van der Waals surface area contributed by atoms with Crippen LogP contribution in [-0.2, 0) is 4.74 Å². The van der Waals surface area contributed by atoms with Crippen LogP contribution < -0.4 is 4.74 Å². The predicted octanol–water partition coefficient (Wildman–Crippen LogP) is 1.77. The number of rotatable bonds is 7. The Kier molecular flexibility index (Phi) is 5.81. The Morgan fingerprint density at radius 3 is 2.47 bits per heavy atom. The number of hydrogen-bond acceptors (Lipinski definition) is 3. The first-order valence-electron chi connectivity index (χ1n) is 5.21. The maximum absolute atomic E-state index is 8.47. The highest BCUT2D eigenvalue weighted by Gasteiger charge is 1.93. The predicted molar refractivity (Wildman–Crippen MR) is 59.2 cm³/mol. The van der Waals surface area contributed by atoms with Gasteiger partial charge in [0, 0.05) is 13.0 Å². The lowest BCUT2D eigenvalue weighted by Gasteiger charge is -2.06. The fraction of sp³-hybridized carbons (Fsp3) is 0.500. The minimum absolute atomic E-state index is 0.0822. The standard InChI is InChI=1S/C12H18O3/c1-11-3-5-12(6-4-11)15-9-2-8-14-10-7-13/h3-6,13H,2,7-10H2,1H3. The summed E-state index contributed by atoms with van der Waals surface area (Å²) in [5, 5.41) is 8.47. The molecule has 0 aliphatic carbocycles. The number of aliphatic hydroxyl groups is 1. The van der Waals surface area contributed by atoms with Crippen molar-refractivity contribution in [3.63, 3.8) is 0 Å². The molecule has 3 heteroatoms. The zero-order valence-electron chi connectivity index (χ0n) is 9.11. The van der Waals surface area contributed by atoms with E-state index in [1.807, 2.05) is 31.2 Å². The molecule has 0 bridgehead atoms. The van der Waals surface area contributed by atoms with Crippen LogP contribution in [0.1, 0.15) is 12.0 Å². The van der Waals surface area contributed by atoms with Gasteiger partial charge in [-0.15, -0.1) is 0 Å². The Morgan fingerprint density at radius 1 is 1.07 bits per heavy atom. The van der Waals surface area contributed by atoms with E-state index in [1.165, 1.54) is 5.56 Å². The number of hydrogen-bond donors (Lipinski definition) is 1. The molecule has 1 N–H and O–H groups in total. The van der Waals surface area contributed by atoms with E-state index in [0.717, 1.165) is 12.2 Å². The van der Waals surface area contributed by atoms with Crippen molar-refractivity contribution >= 4 is 0 Å². The van der Waals surface area contributed by atoms with Crippen molar-refractivity contribution in [3.8, 4) is 5.75 Å². The van der Waals surface area contributed by atoms with Gasteiger partial charge in [-0.25, -0.2) is 0 Å². The molecule has 15 heavy (non-hydrogen) atoms. The molecule has 84 valence electrons. The van der Waals surface area contributed by atoms with Gasteiger partial charge >= 0.3 is 0 Å². The van der Waals surface area contributed by atoms with Gasteiger partial charge in [0.25, 0.3) is 0 Å². The highest BCUT2D eigenvalue weighted by atomic mass is 16.5. The normalized spacial score (nSPS) is 10.3. The Labute approximate surface area is 90.6 Å². The average Bonchev–Trinajstić information content (AvgIpc) is 2.26. The van der Waals surface area contributed by atoms with Gasteiger partial charge in [-0.2, -0.15) is 0 Å². The Balaban J connectivity index is 2.07. The molecule has 1 aromatic carbocycles. The van der Waals surface area contributed by atoms with E-state index < -0.39 is 0 Å². The van der Waals surface area contributed by atoms with Gasteiger partial charge in [-0.3, -0.25) is 0 Å². The van der Waals surface area contributed by atoms with Crippen LogP contribution in [0.4, 0.5) is 0 Å². The highest BCUT2D eigenvalue weighted by Crippen LogP contribution is 2.11. The van der Waals surface area contributed by atoms with Gasteiger partial charge in [-0.05, 0) is 19.1 Å². The largest absolute Gasteiger partial charge is 0.494 e. The van der Waals surface area contributed by atoms with Crippen molar-refractivity contribution in [3.05, 3.63) is 29.8 Å². The zero-order chi connectivity index (χ0) is 10.9. The molecule has 0 amide bonds. The smallest absolute Gasteiger partial charge is 0.119 e. The zero-order valence-corrected chi connectivity index (χ0v) is 9.11. The lowest BCUT2D eigenvalue weighted by atomic mass is 10.2. The van der Waals surface area contributed by atoms with Gasteiger partial charge in [0.1, 0.15) is 5.75 Å². The van der Waals surface area contributed by atoms with Crippen molar-refractivity contribution in [1.29, 1.82) is 0 Å². The molecule has 0 fully saturated rings. The van der Waals surface area contributed by atoms with E-state index in [2.05, 4.69) is 0 Å². The van der Waals surface area contributed by atoms with Crippen LogP contribution in [0.2, 0.25) is 0 Å². The molecule has 0 aromatic heterocycles. The van der Waals surface area contributed by atoms with E-state index >= 15 is 0 Å². The molecule has 0 saturated carbocycles. The van der Waals surface area contributed by atoms with Crippen LogP contribution in [0, 0.1) is 6.92 Å². The monoisotopic (exact) mass is 210 g/mol. The summed E-state index contributed by atoms with van der Waals surface area (Å²) in [6.07, 6.45) is 0.841. The highest BCUT2D eigenvalue weighted by molar-refractivity contribution is 5.26. The number of aliphatic hydroxyl groups excluding tert-OH is 1. The molecule has 0 radical (unpaired) electrons. The summed E-state index contributed by atoms with van der Waals surface area (Å²) in [5.74, 6) is 0.891. The van der Waals surface area contributed by atoms with Crippen molar-refractivity contribution in [2.24, 2.45) is 0 Å². The maximum atomic E-state index is 8.47. The van der Waals surface area contributed by atoms with Gasteiger partial charge in [-0.1, -0.05) is 17.7 Å². The minimum atomic E-state index is 0.0822. The Morgan fingerprint density at radius 2 is 1.80 bits per heavy atom. The molecule has 0 spiro atoms. The fourth-order valence-electron chi connectivity index (χ4n) is 1.15. The first-order valence-corrected chi connectivity index (χ1v) is 5.21. The summed E-state index contributed by atoms with van der Waals surface area (Å²) in [5.41, 5.74) is 1.23. The summed E-state index contributed by atoms with van der Waals surface area (Å²) in [6.45, 7) is 3.82. The van der Waals surface area contributed by atoms with Crippen molar-refractivity contribution in [2.75, 3.05) is 26.4 Å².